The molecule has 104 valence electrons. The molecular formula is C15H20FNO2. The molecule has 1 fully saturated rings. The number of para-hydroxylation sites is 1. The lowest BCUT2D eigenvalue weighted by molar-refractivity contribution is -0.150. The fourth-order valence-electron chi connectivity index (χ4n) is 2.97. The van der Waals surface area contributed by atoms with Gasteiger partial charge in [0.2, 0.25) is 0 Å². The molecular weight excluding hydrogens is 245 g/mol. The molecule has 0 heterocycles. The van der Waals surface area contributed by atoms with Crippen LogP contribution in [-0.4, -0.2) is 24.7 Å². The molecule has 0 aromatic heterocycles. The van der Waals surface area contributed by atoms with Crippen molar-refractivity contribution in [1.82, 2.24) is 0 Å². The van der Waals surface area contributed by atoms with Crippen LogP contribution in [0.2, 0.25) is 0 Å². The van der Waals surface area contributed by atoms with Crippen LogP contribution >= 0.6 is 0 Å². The number of nitrogens with zero attached hydrogens (tertiary/aromatic N) is 1. The molecule has 0 amide bonds. The Kier molecular flexibility index (Phi) is 4.08. The lowest BCUT2D eigenvalue weighted by atomic mass is 9.73. The smallest absolute Gasteiger partial charge is 0.311 e. The zero-order valence-electron chi connectivity index (χ0n) is 11.2. The highest BCUT2D eigenvalue weighted by atomic mass is 19.1. The Morgan fingerprint density at radius 3 is 2.53 bits per heavy atom. The molecule has 0 aliphatic heterocycles. The van der Waals surface area contributed by atoms with Gasteiger partial charge >= 0.3 is 5.97 Å². The third-order valence-electron chi connectivity index (χ3n) is 4.07. The predicted octanol–water partition coefficient (Wildman–Crippen LogP) is 3.30. The third-order valence-corrected chi connectivity index (χ3v) is 4.07. The van der Waals surface area contributed by atoms with Crippen LogP contribution in [0.1, 0.15) is 32.1 Å². The number of benzene rings is 1. The molecule has 0 atom stereocenters. The van der Waals surface area contributed by atoms with Crippen molar-refractivity contribution >= 4 is 11.7 Å². The fraction of sp³-hybridized carbons (Fsp3) is 0.533. The number of rotatable bonds is 4. The summed E-state index contributed by atoms with van der Waals surface area (Å²) in [5.41, 5.74) is -0.261. The van der Waals surface area contributed by atoms with Gasteiger partial charge in [-0.25, -0.2) is 4.39 Å². The zero-order chi connectivity index (χ0) is 13.9. The van der Waals surface area contributed by atoms with E-state index in [1.165, 1.54) is 6.07 Å². The topological polar surface area (TPSA) is 40.5 Å². The van der Waals surface area contributed by atoms with Crippen LogP contribution in [0.5, 0.6) is 0 Å². The lowest BCUT2D eigenvalue weighted by Gasteiger charge is -2.37. The highest BCUT2D eigenvalue weighted by Crippen LogP contribution is 2.38. The van der Waals surface area contributed by atoms with E-state index in [4.69, 9.17) is 0 Å². The van der Waals surface area contributed by atoms with E-state index in [2.05, 4.69) is 0 Å². The van der Waals surface area contributed by atoms with E-state index in [9.17, 15) is 14.3 Å². The van der Waals surface area contributed by atoms with E-state index in [1.54, 1.807) is 30.1 Å². The quantitative estimate of drug-likeness (QED) is 0.908. The monoisotopic (exact) mass is 265 g/mol. The lowest BCUT2D eigenvalue weighted by Crippen LogP contribution is -2.43. The Balaban J connectivity index is 2.18. The Morgan fingerprint density at radius 1 is 1.32 bits per heavy atom. The average molecular weight is 265 g/mol. The number of carbonyl (C=O) groups is 1. The second kappa shape index (κ2) is 5.59. The van der Waals surface area contributed by atoms with Crippen molar-refractivity contribution in [3.05, 3.63) is 30.1 Å². The van der Waals surface area contributed by atoms with Gasteiger partial charge in [-0.3, -0.25) is 4.79 Å². The second-order valence-corrected chi connectivity index (χ2v) is 5.45. The van der Waals surface area contributed by atoms with Gasteiger partial charge in [-0.2, -0.15) is 0 Å². The molecule has 19 heavy (non-hydrogen) atoms. The van der Waals surface area contributed by atoms with Crippen LogP contribution in [0.3, 0.4) is 0 Å². The van der Waals surface area contributed by atoms with Crippen molar-refractivity contribution in [2.24, 2.45) is 5.41 Å². The number of aliphatic carboxylic acids is 1. The Morgan fingerprint density at radius 2 is 1.95 bits per heavy atom. The molecule has 0 radical (unpaired) electrons. The Bertz CT molecular complexity index is 455. The van der Waals surface area contributed by atoms with Crippen molar-refractivity contribution in [3.63, 3.8) is 0 Å². The van der Waals surface area contributed by atoms with E-state index in [1.807, 2.05) is 0 Å². The zero-order valence-corrected chi connectivity index (χ0v) is 11.2. The summed E-state index contributed by atoms with van der Waals surface area (Å²) in [6.07, 6.45) is 4.34. The summed E-state index contributed by atoms with van der Waals surface area (Å²) in [4.78, 5) is 13.3. The predicted molar refractivity (Wildman–Crippen MR) is 72.8 cm³/mol. The minimum atomic E-state index is -0.754. The normalized spacial score (nSPS) is 18.0. The molecule has 0 saturated heterocycles. The van der Waals surface area contributed by atoms with Crippen LogP contribution in [0.15, 0.2) is 24.3 Å². The first-order valence-corrected chi connectivity index (χ1v) is 6.74. The molecule has 0 bridgehead atoms. The summed E-state index contributed by atoms with van der Waals surface area (Å²) < 4.78 is 13.7. The minimum absolute atomic E-state index is 0.304. The van der Waals surface area contributed by atoms with Gasteiger partial charge in [-0.1, -0.05) is 31.4 Å². The molecule has 0 spiro atoms. The number of hydrogen-bond donors (Lipinski definition) is 1. The van der Waals surface area contributed by atoms with Crippen LogP contribution in [-0.2, 0) is 4.79 Å². The van der Waals surface area contributed by atoms with Gasteiger partial charge in [-0.15, -0.1) is 0 Å². The Labute approximate surface area is 113 Å². The van der Waals surface area contributed by atoms with Gasteiger partial charge in [0, 0.05) is 13.6 Å². The molecule has 3 nitrogen and oxygen atoms in total. The molecule has 2 rings (SSSR count). The first kappa shape index (κ1) is 13.8. The van der Waals surface area contributed by atoms with Gasteiger partial charge in [0.1, 0.15) is 5.82 Å². The maximum absolute atomic E-state index is 13.7. The second-order valence-electron chi connectivity index (χ2n) is 5.45. The largest absolute Gasteiger partial charge is 0.481 e. The van der Waals surface area contributed by atoms with Crippen molar-refractivity contribution in [2.75, 3.05) is 18.5 Å². The average Bonchev–Trinajstić information content (AvgIpc) is 2.40. The highest BCUT2D eigenvalue weighted by molar-refractivity contribution is 5.75. The molecule has 1 aliphatic rings. The summed E-state index contributed by atoms with van der Waals surface area (Å²) >= 11 is 0. The van der Waals surface area contributed by atoms with Crippen molar-refractivity contribution in [2.45, 2.75) is 32.1 Å². The van der Waals surface area contributed by atoms with E-state index in [0.29, 0.717) is 25.1 Å². The molecule has 1 aromatic carbocycles. The van der Waals surface area contributed by atoms with Gasteiger partial charge < -0.3 is 10.0 Å². The van der Waals surface area contributed by atoms with Crippen LogP contribution in [0.4, 0.5) is 10.1 Å². The van der Waals surface area contributed by atoms with Gasteiger partial charge in [0.25, 0.3) is 0 Å². The van der Waals surface area contributed by atoms with E-state index >= 15 is 0 Å². The van der Waals surface area contributed by atoms with Gasteiger partial charge in [-0.05, 0) is 25.0 Å². The van der Waals surface area contributed by atoms with Crippen LogP contribution in [0, 0.1) is 11.2 Å². The molecule has 1 aromatic rings. The third kappa shape index (κ3) is 2.88. The van der Waals surface area contributed by atoms with E-state index < -0.39 is 11.4 Å². The number of halogens is 1. The standard InChI is InChI=1S/C15H20FNO2/c1-17(13-8-4-3-7-12(13)16)11-15(14(18)19)9-5-2-6-10-15/h3-4,7-8H,2,5-6,9-11H2,1H3,(H,18,19). The summed E-state index contributed by atoms with van der Waals surface area (Å²) in [6, 6.07) is 6.50. The SMILES string of the molecule is CN(CC1(C(=O)O)CCCCC1)c1ccccc1F. The Hall–Kier alpha value is -1.58. The first-order valence-electron chi connectivity index (χ1n) is 6.74. The van der Waals surface area contributed by atoms with Gasteiger partial charge in [0.05, 0.1) is 11.1 Å². The first-order chi connectivity index (χ1) is 9.05. The van der Waals surface area contributed by atoms with E-state index in [0.717, 1.165) is 19.3 Å². The summed E-state index contributed by atoms with van der Waals surface area (Å²) in [5.74, 6) is -1.06. The van der Waals surface area contributed by atoms with Crippen molar-refractivity contribution < 1.29 is 14.3 Å². The highest BCUT2D eigenvalue weighted by Gasteiger charge is 2.40. The molecule has 1 aliphatic carbocycles. The maximum Gasteiger partial charge on any atom is 0.311 e. The maximum atomic E-state index is 13.7. The summed E-state index contributed by atoms with van der Waals surface area (Å²) in [7, 11) is 1.76. The van der Waals surface area contributed by atoms with Crippen molar-refractivity contribution in [3.8, 4) is 0 Å². The van der Waals surface area contributed by atoms with E-state index in [-0.39, 0.29) is 5.82 Å². The number of carboxylic acid groups (broad SMARTS) is 1. The van der Waals surface area contributed by atoms with Crippen LogP contribution in [0.25, 0.3) is 0 Å². The van der Waals surface area contributed by atoms with Gasteiger partial charge in [0.15, 0.2) is 0 Å². The molecule has 1 N–H and O–H groups in total. The fourth-order valence-corrected chi connectivity index (χ4v) is 2.97. The van der Waals surface area contributed by atoms with Crippen LogP contribution < -0.4 is 4.90 Å². The number of carboxylic acids is 1. The number of hydrogen-bond acceptors (Lipinski definition) is 2. The van der Waals surface area contributed by atoms with Crippen molar-refractivity contribution in [1.29, 1.82) is 0 Å². The number of anilines is 1. The molecule has 0 unspecified atom stereocenters. The molecule has 4 heteroatoms. The summed E-state index contributed by atoms with van der Waals surface area (Å²) in [5, 5.41) is 9.53. The molecule has 1 saturated carbocycles. The summed E-state index contributed by atoms with van der Waals surface area (Å²) in [6.45, 7) is 0.364. The minimum Gasteiger partial charge on any atom is -0.481 e.